The van der Waals surface area contributed by atoms with Crippen molar-refractivity contribution in [3.8, 4) is 5.75 Å². The van der Waals surface area contributed by atoms with E-state index in [1.54, 1.807) is 54.6 Å². The van der Waals surface area contributed by atoms with Crippen LogP contribution in [0.3, 0.4) is 0 Å². The lowest BCUT2D eigenvalue weighted by molar-refractivity contribution is -0.142. The van der Waals surface area contributed by atoms with Crippen molar-refractivity contribution in [3.05, 3.63) is 65.7 Å². The molecular formula is C21H22O5. The van der Waals surface area contributed by atoms with Gasteiger partial charge < -0.3 is 9.47 Å². The van der Waals surface area contributed by atoms with E-state index in [0.29, 0.717) is 17.9 Å². The quantitative estimate of drug-likeness (QED) is 0.296. The van der Waals surface area contributed by atoms with Crippen molar-refractivity contribution >= 4 is 17.5 Å². The second-order valence-electron chi connectivity index (χ2n) is 5.81. The molecule has 0 radical (unpaired) electrons. The molecule has 0 aliphatic heterocycles. The van der Waals surface area contributed by atoms with Gasteiger partial charge in [0.05, 0.1) is 6.61 Å². The average Bonchev–Trinajstić information content (AvgIpc) is 2.66. The predicted molar refractivity (Wildman–Crippen MR) is 97.5 cm³/mol. The van der Waals surface area contributed by atoms with Gasteiger partial charge in [-0.3, -0.25) is 14.4 Å². The largest absolute Gasteiger partial charge is 0.494 e. The Hall–Kier alpha value is -2.95. The van der Waals surface area contributed by atoms with Gasteiger partial charge in [0.25, 0.3) is 0 Å². The lowest BCUT2D eigenvalue weighted by Gasteiger charge is -2.15. The molecule has 0 bridgehead atoms. The van der Waals surface area contributed by atoms with Crippen molar-refractivity contribution in [2.24, 2.45) is 0 Å². The molecule has 0 saturated carbocycles. The highest BCUT2D eigenvalue weighted by Crippen LogP contribution is 2.17. The number of ether oxygens (including phenoxy) is 2. The zero-order valence-electron chi connectivity index (χ0n) is 14.9. The summed E-state index contributed by atoms with van der Waals surface area (Å²) >= 11 is 0. The van der Waals surface area contributed by atoms with Gasteiger partial charge in [0, 0.05) is 18.1 Å². The van der Waals surface area contributed by atoms with E-state index in [2.05, 4.69) is 6.92 Å². The Kier molecular flexibility index (Phi) is 7.09. The number of esters is 1. The van der Waals surface area contributed by atoms with Crippen LogP contribution in [-0.2, 0) is 9.53 Å². The molecule has 26 heavy (non-hydrogen) atoms. The summed E-state index contributed by atoms with van der Waals surface area (Å²) in [6.45, 7) is 3.85. The molecule has 0 spiro atoms. The molecule has 0 heterocycles. The summed E-state index contributed by atoms with van der Waals surface area (Å²) in [7, 11) is 0. The van der Waals surface area contributed by atoms with Crippen LogP contribution in [0.4, 0.5) is 0 Å². The topological polar surface area (TPSA) is 69.7 Å². The third-order valence-electron chi connectivity index (χ3n) is 3.72. The average molecular weight is 354 g/mol. The van der Waals surface area contributed by atoms with Crippen LogP contribution in [0.25, 0.3) is 0 Å². The minimum Gasteiger partial charge on any atom is -0.494 e. The Morgan fingerprint density at radius 1 is 0.885 bits per heavy atom. The zero-order chi connectivity index (χ0) is 18.9. The molecule has 1 atom stereocenters. The number of carbonyl (C=O) groups excluding carboxylic acids is 3. The molecule has 5 nitrogen and oxygen atoms in total. The molecule has 0 aromatic heterocycles. The Bertz CT molecular complexity index is 750. The Morgan fingerprint density at radius 3 is 2.00 bits per heavy atom. The predicted octanol–water partition coefficient (Wildman–Crippen LogP) is 3.86. The summed E-state index contributed by atoms with van der Waals surface area (Å²) < 4.78 is 10.6. The third-order valence-corrected chi connectivity index (χ3v) is 3.72. The van der Waals surface area contributed by atoms with E-state index in [-0.39, 0.29) is 5.56 Å². The van der Waals surface area contributed by atoms with Crippen molar-refractivity contribution in [3.63, 3.8) is 0 Å². The van der Waals surface area contributed by atoms with Gasteiger partial charge in [-0.2, -0.15) is 0 Å². The van der Waals surface area contributed by atoms with Crippen molar-refractivity contribution in [2.45, 2.75) is 32.8 Å². The maximum atomic E-state index is 12.7. The first kappa shape index (κ1) is 19.4. The highest BCUT2D eigenvalue weighted by Gasteiger charge is 2.31. The van der Waals surface area contributed by atoms with Crippen molar-refractivity contribution < 1.29 is 23.9 Å². The van der Waals surface area contributed by atoms with Crippen LogP contribution in [0.2, 0.25) is 0 Å². The molecule has 136 valence electrons. The van der Waals surface area contributed by atoms with Gasteiger partial charge >= 0.3 is 5.97 Å². The van der Waals surface area contributed by atoms with Crippen molar-refractivity contribution in [1.29, 1.82) is 0 Å². The summed E-state index contributed by atoms with van der Waals surface area (Å²) in [6, 6.07) is 14.8. The van der Waals surface area contributed by atoms with E-state index in [1.807, 2.05) is 0 Å². The van der Waals surface area contributed by atoms with Crippen LogP contribution >= 0.6 is 0 Å². The number of rotatable bonds is 9. The molecule has 2 aromatic carbocycles. The number of hydrogen-bond acceptors (Lipinski definition) is 5. The minimum atomic E-state index is -1.50. The Labute approximate surface area is 152 Å². The molecule has 5 heteroatoms. The van der Waals surface area contributed by atoms with Crippen LogP contribution in [0.15, 0.2) is 54.6 Å². The van der Waals surface area contributed by atoms with Gasteiger partial charge in [0.1, 0.15) is 5.75 Å². The van der Waals surface area contributed by atoms with Crippen LogP contribution in [0.5, 0.6) is 5.75 Å². The smallest absolute Gasteiger partial charge is 0.303 e. The minimum absolute atomic E-state index is 0.281. The molecule has 0 amide bonds. The summed E-state index contributed by atoms with van der Waals surface area (Å²) in [6.07, 6.45) is 0.477. The SMILES string of the molecule is CCCCOc1ccc(C(=O)C(OC(C)=O)C(=O)c2ccccc2)cc1. The first-order valence-electron chi connectivity index (χ1n) is 8.56. The zero-order valence-corrected chi connectivity index (χ0v) is 14.9. The van der Waals surface area contributed by atoms with Gasteiger partial charge in [0.15, 0.2) is 0 Å². The number of ketones is 2. The monoisotopic (exact) mass is 354 g/mol. The number of carbonyl (C=O) groups is 3. The fourth-order valence-electron chi connectivity index (χ4n) is 2.35. The van der Waals surface area contributed by atoms with Gasteiger partial charge in [-0.1, -0.05) is 43.7 Å². The maximum Gasteiger partial charge on any atom is 0.303 e. The lowest BCUT2D eigenvalue weighted by Crippen LogP contribution is -2.34. The summed E-state index contributed by atoms with van der Waals surface area (Å²) in [4.78, 5) is 36.7. The second kappa shape index (κ2) is 9.51. The highest BCUT2D eigenvalue weighted by atomic mass is 16.5. The number of unbranched alkanes of at least 4 members (excludes halogenated alkanes) is 1. The second-order valence-corrected chi connectivity index (χ2v) is 5.81. The van der Waals surface area contributed by atoms with E-state index in [0.717, 1.165) is 12.8 Å². The number of benzene rings is 2. The van der Waals surface area contributed by atoms with E-state index >= 15 is 0 Å². The van der Waals surface area contributed by atoms with Gasteiger partial charge in [0.2, 0.25) is 17.7 Å². The van der Waals surface area contributed by atoms with E-state index in [4.69, 9.17) is 9.47 Å². The summed E-state index contributed by atoms with van der Waals surface area (Å²) in [5, 5.41) is 0. The molecule has 2 aromatic rings. The summed E-state index contributed by atoms with van der Waals surface area (Å²) in [5.41, 5.74) is 0.593. The van der Waals surface area contributed by atoms with Crippen LogP contribution in [0.1, 0.15) is 47.4 Å². The molecule has 0 aliphatic rings. The third kappa shape index (κ3) is 5.28. The highest BCUT2D eigenvalue weighted by molar-refractivity contribution is 6.19. The molecule has 2 rings (SSSR count). The van der Waals surface area contributed by atoms with Crippen molar-refractivity contribution in [2.75, 3.05) is 6.61 Å². The molecule has 0 fully saturated rings. The lowest BCUT2D eigenvalue weighted by atomic mass is 9.98. The summed E-state index contributed by atoms with van der Waals surface area (Å²) in [5.74, 6) is -1.15. The van der Waals surface area contributed by atoms with E-state index in [1.165, 1.54) is 6.92 Å². The first-order valence-corrected chi connectivity index (χ1v) is 8.56. The molecule has 0 aliphatic carbocycles. The van der Waals surface area contributed by atoms with E-state index in [9.17, 15) is 14.4 Å². The fraction of sp³-hybridized carbons (Fsp3) is 0.286. The Balaban J connectivity index is 2.18. The molecule has 1 unspecified atom stereocenters. The van der Waals surface area contributed by atoms with Gasteiger partial charge in [-0.15, -0.1) is 0 Å². The maximum absolute atomic E-state index is 12.7. The fourth-order valence-corrected chi connectivity index (χ4v) is 2.35. The molecule has 0 saturated heterocycles. The van der Waals surface area contributed by atoms with Crippen LogP contribution < -0.4 is 4.74 Å². The van der Waals surface area contributed by atoms with Gasteiger partial charge in [-0.25, -0.2) is 0 Å². The standard InChI is InChI=1S/C21H22O5/c1-3-4-14-25-18-12-10-17(11-13-18)20(24)21(26-15(2)22)19(23)16-8-6-5-7-9-16/h5-13,21H,3-4,14H2,1-2H3. The normalized spacial score (nSPS) is 11.5. The van der Waals surface area contributed by atoms with Gasteiger partial charge in [-0.05, 0) is 30.7 Å². The molecular weight excluding hydrogens is 332 g/mol. The Morgan fingerprint density at radius 2 is 1.46 bits per heavy atom. The number of Topliss-reactive ketones (excluding diaryl/α,β-unsaturated/α-hetero) is 2. The van der Waals surface area contributed by atoms with E-state index < -0.39 is 23.6 Å². The first-order chi connectivity index (χ1) is 12.5. The van der Waals surface area contributed by atoms with Crippen LogP contribution in [-0.4, -0.2) is 30.2 Å². The molecule has 0 N–H and O–H groups in total. The van der Waals surface area contributed by atoms with Crippen LogP contribution in [0, 0.1) is 0 Å². The van der Waals surface area contributed by atoms with Crippen molar-refractivity contribution in [1.82, 2.24) is 0 Å². The number of hydrogen-bond donors (Lipinski definition) is 0.